The molecule has 0 unspecified atom stereocenters. The number of piperidine rings is 1. The van der Waals surface area contributed by atoms with Crippen molar-refractivity contribution in [2.45, 2.75) is 33.1 Å². The maximum absolute atomic E-state index is 12.4. The van der Waals surface area contributed by atoms with E-state index in [1.807, 2.05) is 26.0 Å². The van der Waals surface area contributed by atoms with Crippen LogP contribution in [0.1, 0.15) is 41.5 Å². The predicted molar refractivity (Wildman–Crippen MR) is 104 cm³/mol. The third kappa shape index (κ3) is 3.25. The Hall–Kier alpha value is -2.38. The fourth-order valence-corrected chi connectivity index (χ4v) is 4.62. The summed E-state index contributed by atoms with van der Waals surface area (Å²) in [6.07, 6.45) is 0.615. The molecule has 1 aliphatic rings. The Bertz CT molecular complexity index is 900. The van der Waals surface area contributed by atoms with Crippen LogP contribution in [0, 0.1) is 30.1 Å². The van der Waals surface area contributed by atoms with Gasteiger partial charge in [0.2, 0.25) is 5.91 Å². The summed E-state index contributed by atoms with van der Waals surface area (Å²) >= 11 is 1.74. The van der Waals surface area contributed by atoms with Crippen LogP contribution in [-0.4, -0.2) is 23.7 Å². The summed E-state index contributed by atoms with van der Waals surface area (Å²) < 4.78 is 0. The number of amidine groups is 1. The van der Waals surface area contributed by atoms with E-state index in [0.717, 1.165) is 11.1 Å². The number of likely N-dealkylation sites (tertiary alicyclic amines) is 1. The normalized spacial score (nSPS) is 20.4. The first-order valence-corrected chi connectivity index (χ1v) is 9.22. The van der Waals surface area contributed by atoms with E-state index in [2.05, 4.69) is 37.0 Å². The van der Waals surface area contributed by atoms with Gasteiger partial charge < -0.3 is 4.90 Å². The summed E-state index contributed by atoms with van der Waals surface area (Å²) in [5.41, 5.74) is 3.36. The van der Waals surface area contributed by atoms with Crippen molar-refractivity contribution in [3.8, 4) is 23.0 Å². The number of nitrogens with one attached hydrogen (secondary N) is 1. The molecule has 1 aromatic carbocycles. The van der Waals surface area contributed by atoms with E-state index < -0.39 is 0 Å². The predicted octanol–water partition coefficient (Wildman–Crippen LogP) is 4.65. The molecule has 0 aliphatic carbocycles. The van der Waals surface area contributed by atoms with E-state index in [0.29, 0.717) is 12.3 Å². The second kappa shape index (κ2) is 6.85. The molecular weight excluding hydrogens is 328 g/mol. The van der Waals surface area contributed by atoms with Gasteiger partial charge in [-0.05, 0) is 43.2 Å². The average molecular weight is 350 g/mol. The Kier molecular flexibility index (Phi) is 4.78. The lowest BCUT2D eigenvalue weighted by atomic mass is 9.84. The second-order valence-corrected chi connectivity index (χ2v) is 7.81. The van der Waals surface area contributed by atoms with Gasteiger partial charge in [-0.2, -0.15) is 0 Å². The topological polar surface area (TPSA) is 44.2 Å². The van der Waals surface area contributed by atoms with Crippen LogP contribution in [0.25, 0.3) is 11.1 Å². The van der Waals surface area contributed by atoms with Crippen LogP contribution in [0.2, 0.25) is 0 Å². The number of thiophene rings is 1. The molecule has 0 spiro atoms. The van der Waals surface area contributed by atoms with Crippen molar-refractivity contribution in [2.75, 3.05) is 7.05 Å². The van der Waals surface area contributed by atoms with E-state index >= 15 is 0 Å². The Morgan fingerprint density at radius 1 is 1.32 bits per heavy atom. The first kappa shape index (κ1) is 17.4. The molecular formula is C21H22N2OS. The summed E-state index contributed by atoms with van der Waals surface area (Å²) in [4.78, 5) is 16.3. The number of aryl methyl sites for hydroxylation is 1. The fraction of sp³-hybridized carbons (Fsp3) is 0.333. The quantitative estimate of drug-likeness (QED) is 0.787. The van der Waals surface area contributed by atoms with E-state index in [4.69, 9.17) is 5.41 Å². The Balaban J connectivity index is 1.97. The summed E-state index contributed by atoms with van der Waals surface area (Å²) in [6.45, 7) is 5.94. The highest BCUT2D eigenvalue weighted by Gasteiger charge is 2.36. The highest BCUT2D eigenvalue weighted by Crippen LogP contribution is 2.41. The molecule has 1 fully saturated rings. The van der Waals surface area contributed by atoms with Gasteiger partial charge in [0.25, 0.3) is 0 Å². The molecule has 4 heteroatoms. The third-order valence-electron chi connectivity index (χ3n) is 4.89. The number of hydrogen-bond donors (Lipinski definition) is 1. The maximum atomic E-state index is 12.4. The van der Waals surface area contributed by atoms with Crippen molar-refractivity contribution in [3.05, 3.63) is 45.6 Å². The third-order valence-corrected chi connectivity index (χ3v) is 6.07. The fourth-order valence-electron chi connectivity index (χ4n) is 3.36. The average Bonchev–Trinajstić information content (AvgIpc) is 2.98. The molecule has 1 N–H and O–H groups in total. The van der Waals surface area contributed by atoms with Gasteiger partial charge in [-0.15, -0.1) is 17.3 Å². The first-order chi connectivity index (χ1) is 11.9. The second-order valence-electron chi connectivity index (χ2n) is 6.52. The van der Waals surface area contributed by atoms with E-state index in [-0.39, 0.29) is 17.7 Å². The van der Waals surface area contributed by atoms with Crippen molar-refractivity contribution in [1.29, 1.82) is 5.41 Å². The molecule has 3 nitrogen and oxygen atoms in total. The zero-order valence-electron chi connectivity index (χ0n) is 15.0. The minimum Gasteiger partial charge on any atom is -0.304 e. The van der Waals surface area contributed by atoms with Gasteiger partial charge in [-0.1, -0.05) is 25.0 Å². The SMILES string of the molecule is CC#Cc1cccc(-c2cc([C@H]3CC(=N)N(C)C(=O)[C@@H]3C)sc2C)c1. The first-order valence-electron chi connectivity index (χ1n) is 8.41. The van der Waals surface area contributed by atoms with Gasteiger partial charge in [0.15, 0.2) is 0 Å². The molecule has 1 aromatic heterocycles. The molecule has 1 aliphatic heterocycles. The number of hydrogen-bond acceptors (Lipinski definition) is 3. The summed E-state index contributed by atoms with van der Waals surface area (Å²) in [5, 5.41) is 8.09. The molecule has 0 bridgehead atoms. The van der Waals surface area contributed by atoms with Gasteiger partial charge in [0, 0.05) is 40.6 Å². The van der Waals surface area contributed by atoms with Crippen molar-refractivity contribution >= 4 is 23.1 Å². The lowest BCUT2D eigenvalue weighted by Gasteiger charge is -2.34. The van der Waals surface area contributed by atoms with Crippen molar-refractivity contribution < 1.29 is 4.79 Å². The van der Waals surface area contributed by atoms with Crippen molar-refractivity contribution in [2.24, 2.45) is 5.92 Å². The summed E-state index contributed by atoms with van der Waals surface area (Å²) in [6, 6.07) is 10.5. The number of nitrogens with zero attached hydrogens (tertiary/aromatic N) is 1. The summed E-state index contributed by atoms with van der Waals surface area (Å²) in [7, 11) is 1.70. The summed E-state index contributed by atoms with van der Waals surface area (Å²) in [5.74, 6) is 6.48. The zero-order valence-corrected chi connectivity index (χ0v) is 15.8. The number of amides is 1. The molecule has 2 heterocycles. The van der Waals surface area contributed by atoms with Crippen LogP contribution in [0.5, 0.6) is 0 Å². The highest BCUT2D eigenvalue weighted by atomic mass is 32.1. The molecule has 0 radical (unpaired) electrons. The van der Waals surface area contributed by atoms with Crippen LogP contribution in [0.15, 0.2) is 30.3 Å². The van der Waals surface area contributed by atoms with Gasteiger partial charge in [0.05, 0.1) is 0 Å². The van der Waals surface area contributed by atoms with Crippen LogP contribution in [0.4, 0.5) is 0 Å². The Morgan fingerprint density at radius 3 is 2.80 bits per heavy atom. The Labute approximate surface area is 153 Å². The lowest BCUT2D eigenvalue weighted by Crippen LogP contribution is -2.44. The van der Waals surface area contributed by atoms with Gasteiger partial charge in [-0.3, -0.25) is 10.2 Å². The molecule has 3 rings (SSSR count). The smallest absolute Gasteiger partial charge is 0.231 e. The van der Waals surface area contributed by atoms with E-state index in [1.54, 1.807) is 18.4 Å². The van der Waals surface area contributed by atoms with Gasteiger partial charge >= 0.3 is 0 Å². The van der Waals surface area contributed by atoms with Crippen LogP contribution in [0.3, 0.4) is 0 Å². The van der Waals surface area contributed by atoms with Gasteiger partial charge in [0.1, 0.15) is 5.84 Å². The highest BCUT2D eigenvalue weighted by molar-refractivity contribution is 7.12. The largest absolute Gasteiger partial charge is 0.304 e. The molecule has 1 saturated heterocycles. The number of carbonyl (C=O) groups excluding carboxylic acids is 1. The van der Waals surface area contributed by atoms with Crippen molar-refractivity contribution in [1.82, 2.24) is 4.90 Å². The molecule has 0 saturated carbocycles. The molecule has 2 aromatic rings. The minimum atomic E-state index is -0.0951. The number of benzene rings is 1. The monoisotopic (exact) mass is 350 g/mol. The zero-order chi connectivity index (χ0) is 18.1. The Morgan fingerprint density at radius 2 is 2.08 bits per heavy atom. The van der Waals surface area contributed by atoms with Crippen LogP contribution in [-0.2, 0) is 4.79 Å². The van der Waals surface area contributed by atoms with Crippen LogP contribution < -0.4 is 0 Å². The van der Waals surface area contributed by atoms with E-state index in [1.165, 1.54) is 20.2 Å². The minimum absolute atomic E-state index is 0.0362. The number of carbonyl (C=O) groups is 1. The van der Waals surface area contributed by atoms with Crippen molar-refractivity contribution in [3.63, 3.8) is 0 Å². The van der Waals surface area contributed by atoms with E-state index in [9.17, 15) is 4.79 Å². The molecule has 25 heavy (non-hydrogen) atoms. The standard InChI is InChI=1S/C21H22N2OS/c1-5-7-15-8-6-9-16(10-15)18-11-19(25-14(18)3)17-12-20(22)23(4)21(24)13(17)2/h6,8-11,13,17,22H,12H2,1-4H3/t13-,17+/m1/s1. The van der Waals surface area contributed by atoms with Gasteiger partial charge in [-0.25, -0.2) is 0 Å². The lowest BCUT2D eigenvalue weighted by molar-refractivity contribution is -0.132. The molecule has 2 atom stereocenters. The molecule has 128 valence electrons. The molecule has 1 amide bonds. The van der Waals surface area contributed by atoms with Crippen LogP contribution >= 0.6 is 11.3 Å². The number of rotatable bonds is 2. The maximum Gasteiger partial charge on any atom is 0.231 e.